The van der Waals surface area contributed by atoms with Crippen molar-refractivity contribution in [3.63, 3.8) is 0 Å². The van der Waals surface area contributed by atoms with Crippen molar-refractivity contribution in [2.45, 2.75) is 51.8 Å². The van der Waals surface area contributed by atoms with Crippen LogP contribution in [0.2, 0.25) is 0 Å². The van der Waals surface area contributed by atoms with E-state index in [0.29, 0.717) is 12.1 Å². The van der Waals surface area contributed by atoms with E-state index in [4.69, 9.17) is 4.74 Å². The second kappa shape index (κ2) is 5.31. The number of nitrogens with zero attached hydrogens (tertiary/aromatic N) is 1. The van der Waals surface area contributed by atoms with Crippen molar-refractivity contribution in [1.82, 2.24) is 4.90 Å². The van der Waals surface area contributed by atoms with Gasteiger partial charge in [-0.05, 0) is 19.8 Å². The maximum atomic E-state index is 11.1. The molecule has 0 bridgehead atoms. The van der Waals surface area contributed by atoms with Crippen LogP contribution in [0.4, 0.5) is 0 Å². The first-order valence-electron chi connectivity index (χ1n) is 5.72. The van der Waals surface area contributed by atoms with E-state index in [1.54, 1.807) is 0 Å². The number of hydrogen-bond donors (Lipinski definition) is 0. The summed E-state index contributed by atoms with van der Waals surface area (Å²) in [5, 5.41) is 0. The summed E-state index contributed by atoms with van der Waals surface area (Å²) in [6.07, 6.45) is 3.27. The number of carbonyl (C=O) groups excluding carboxylic acids is 1. The lowest BCUT2D eigenvalue weighted by molar-refractivity contribution is -0.143. The van der Waals surface area contributed by atoms with E-state index >= 15 is 0 Å². The van der Waals surface area contributed by atoms with Gasteiger partial charge in [-0.25, -0.2) is 4.79 Å². The topological polar surface area (TPSA) is 29.3 Å². The van der Waals surface area contributed by atoms with Gasteiger partial charge >= 0.3 is 5.97 Å². The van der Waals surface area contributed by atoms with Crippen LogP contribution in [0.1, 0.15) is 33.6 Å². The fraction of sp³-hybridized carbons (Fsp3) is 0.750. The van der Waals surface area contributed by atoms with E-state index in [1.807, 2.05) is 6.92 Å². The summed E-state index contributed by atoms with van der Waals surface area (Å²) in [4.78, 5) is 13.4. The highest BCUT2D eigenvalue weighted by Gasteiger charge is 2.43. The van der Waals surface area contributed by atoms with E-state index in [9.17, 15) is 4.79 Å². The molecule has 1 saturated heterocycles. The van der Waals surface area contributed by atoms with Gasteiger partial charge in [-0.1, -0.05) is 20.4 Å². The van der Waals surface area contributed by atoms with Crippen molar-refractivity contribution in [2.24, 2.45) is 0 Å². The molecule has 0 radical (unpaired) electrons. The van der Waals surface area contributed by atoms with Crippen LogP contribution in [0.25, 0.3) is 0 Å². The van der Waals surface area contributed by atoms with Gasteiger partial charge < -0.3 is 4.74 Å². The Morgan fingerprint density at radius 2 is 2.27 bits per heavy atom. The summed E-state index contributed by atoms with van der Waals surface area (Å²) < 4.78 is 5.24. The summed E-state index contributed by atoms with van der Waals surface area (Å²) in [6.45, 7) is 10.7. The Balaban J connectivity index is 2.35. The third-order valence-corrected chi connectivity index (χ3v) is 3.15. The van der Waals surface area contributed by atoms with Gasteiger partial charge in [-0.15, -0.1) is 0 Å². The molecule has 4 atom stereocenters. The molecular weight excluding hydrogens is 190 g/mol. The minimum absolute atomic E-state index is 0.00880. The number of ether oxygens (including phenoxy) is 1. The first-order valence-corrected chi connectivity index (χ1v) is 5.72. The molecule has 86 valence electrons. The molecule has 1 rings (SSSR count). The van der Waals surface area contributed by atoms with Crippen LogP contribution in [-0.2, 0) is 9.53 Å². The Morgan fingerprint density at radius 3 is 2.67 bits per heavy atom. The highest BCUT2D eigenvalue weighted by atomic mass is 16.5. The Morgan fingerprint density at radius 1 is 1.60 bits per heavy atom. The largest absolute Gasteiger partial charge is 0.458 e. The molecule has 0 spiro atoms. The maximum Gasteiger partial charge on any atom is 0.330 e. The number of carbonyl (C=O) groups is 1. The summed E-state index contributed by atoms with van der Waals surface area (Å²) in [5.41, 5.74) is 0. The molecule has 0 aromatic rings. The highest BCUT2D eigenvalue weighted by Crippen LogP contribution is 2.30. The lowest BCUT2D eigenvalue weighted by Gasteiger charge is -2.16. The summed E-state index contributed by atoms with van der Waals surface area (Å²) >= 11 is 0. The van der Waals surface area contributed by atoms with Crippen molar-refractivity contribution in [3.05, 3.63) is 12.7 Å². The first-order chi connectivity index (χ1) is 7.13. The zero-order valence-corrected chi connectivity index (χ0v) is 9.90. The Hall–Kier alpha value is -0.830. The molecule has 0 aliphatic carbocycles. The molecular formula is C12H21NO2. The van der Waals surface area contributed by atoms with Crippen LogP contribution < -0.4 is 0 Å². The SMILES string of the molecule is C=CC(=O)OC(CC)CN1C(C)C1CC. The molecule has 1 aliphatic rings. The molecule has 15 heavy (non-hydrogen) atoms. The molecule has 4 unspecified atom stereocenters. The molecule has 0 saturated carbocycles. The predicted molar refractivity (Wildman–Crippen MR) is 60.6 cm³/mol. The van der Waals surface area contributed by atoms with Gasteiger partial charge in [0, 0.05) is 24.7 Å². The summed E-state index contributed by atoms with van der Waals surface area (Å²) in [7, 11) is 0. The minimum atomic E-state index is -0.315. The normalized spacial score (nSPS) is 30.7. The van der Waals surface area contributed by atoms with Gasteiger partial charge in [0.2, 0.25) is 0 Å². The second-order valence-corrected chi connectivity index (χ2v) is 4.08. The van der Waals surface area contributed by atoms with Crippen LogP contribution in [-0.4, -0.2) is 35.6 Å². The van der Waals surface area contributed by atoms with Gasteiger partial charge in [-0.2, -0.15) is 0 Å². The Kier molecular flexibility index (Phi) is 4.33. The molecule has 0 N–H and O–H groups in total. The second-order valence-electron chi connectivity index (χ2n) is 4.08. The molecule has 1 fully saturated rings. The smallest absolute Gasteiger partial charge is 0.330 e. The van der Waals surface area contributed by atoms with Crippen molar-refractivity contribution >= 4 is 5.97 Å². The monoisotopic (exact) mass is 211 g/mol. The zero-order valence-electron chi connectivity index (χ0n) is 9.90. The Labute approximate surface area is 92.1 Å². The molecule has 0 aromatic heterocycles. The van der Waals surface area contributed by atoms with Crippen LogP contribution >= 0.6 is 0 Å². The summed E-state index contributed by atoms with van der Waals surface area (Å²) in [6, 6.07) is 1.33. The molecule has 0 aromatic carbocycles. The van der Waals surface area contributed by atoms with Gasteiger partial charge in [0.1, 0.15) is 6.10 Å². The van der Waals surface area contributed by atoms with Crippen molar-refractivity contribution in [2.75, 3.05) is 6.54 Å². The molecule has 3 heteroatoms. The third-order valence-electron chi connectivity index (χ3n) is 3.15. The Bertz CT molecular complexity index is 240. The molecule has 0 amide bonds. The van der Waals surface area contributed by atoms with E-state index in [2.05, 4.69) is 25.3 Å². The fourth-order valence-electron chi connectivity index (χ4n) is 2.05. The quantitative estimate of drug-likeness (QED) is 0.382. The third kappa shape index (κ3) is 3.06. The van der Waals surface area contributed by atoms with Gasteiger partial charge in [-0.3, -0.25) is 4.90 Å². The van der Waals surface area contributed by atoms with Gasteiger partial charge in [0.25, 0.3) is 0 Å². The first kappa shape index (κ1) is 12.2. The van der Waals surface area contributed by atoms with Crippen LogP contribution in [0.15, 0.2) is 12.7 Å². The molecule has 1 aliphatic heterocycles. The van der Waals surface area contributed by atoms with Crippen LogP contribution in [0, 0.1) is 0 Å². The zero-order chi connectivity index (χ0) is 11.4. The standard InChI is InChI=1S/C12H21NO2/c1-5-10(15-12(14)7-3)8-13-9(4)11(13)6-2/h7,9-11H,3,5-6,8H2,1-2,4H3. The van der Waals surface area contributed by atoms with Crippen molar-refractivity contribution < 1.29 is 9.53 Å². The average molecular weight is 211 g/mol. The molecule has 1 heterocycles. The summed E-state index contributed by atoms with van der Waals surface area (Å²) in [5.74, 6) is -0.315. The van der Waals surface area contributed by atoms with Crippen molar-refractivity contribution in [3.8, 4) is 0 Å². The number of rotatable bonds is 6. The van der Waals surface area contributed by atoms with Crippen LogP contribution in [0.5, 0.6) is 0 Å². The van der Waals surface area contributed by atoms with Crippen LogP contribution in [0.3, 0.4) is 0 Å². The van der Waals surface area contributed by atoms with Crippen molar-refractivity contribution in [1.29, 1.82) is 0 Å². The number of esters is 1. The average Bonchev–Trinajstić information content (AvgIpc) is 2.86. The predicted octanol–water partition coefficient (Wildman–Crippen LogP) is 1.98. The maximum absolute atomic E-state index is 11.1. The lowest BCUT2D eigenvalue weighted by atomic mass is 10.2. The lowest BCUT2D eigenvalue weighted by Crippen LogP contribution is -2.25. The highest BCUT2D eigenvalue weighted by molar-refractivity contribution is 5.81. The van der Waals surface area contributed by atoms with Gasteiger partial charge in [0.05, 0.1) is 0 Å². The fourth-order valence-corrected chi connectivity index (χ4v) is 2.05. The van der Waals surface area contributed by atoms with E-state index in [-0.39, 0.29) is 12.1 Å². The van der Waals surface area contributed by atoms with E-state index < -0.39 is 0 Å². The number of hydrogen-bond acceptors (Lipinski definition) is 3. The van der Waals surface area contributed by atoms with Gasteiger partial charge in [0.15, 0.2) is 0 Å². The minimum Gasteiger partial charge on any atom is -0.458 e. The van der Waals surface area contributed by atoms with E-state index in [0.717, 1.165) is 13.0 Å². The van der Waals surface area contributed by atoms with E-state index in [1.165, 1.54) is 12.5 Å². The molecule has 3 nitrogen and oxygen atoms in total.